The maximum absolute atomic E-state index is 13.0. The Labute approximate surface area is 190 Å². The van der Waals surface area contributed by atoms with Crippen LogP contribution in [0.2, 0.25) is 5.02 Å². The highest BCUT2D eigenvalue weighted by atomic mass is 35.5. The molecule has 2 unspecified atom stereocenters. The Morgan fingerprint density at radius 3 is 2.31 bits per heavy atom. The lowest BCUT2D eigenvalue weighted by Gasteiger charge is -2.22. The van der Waals surface area contributed by atoms with Crippen LogP contribution in [0, 0.1) is 11.8 Å². The Kier molecular flexibility index (Phi) is 5.71. The first-order valence-electron chi connectivity index (χ1n) is 11.2. The molecule has 9 heteroatoms. The van der Waals surface area contributed by atoms with E-state index in [2.05, 4.69) is 10.2 Å². The molecule has 2 aromatic rings. The molecule has 1 aliphatic heterocycles. The first-order valence-corrected chi connectivity index (χ1v) is 11.6. The minimum absolute atomic E-state index is 0.102. The van der Waals surface area contributed by atoms with Crippen molar-refractivity contribution in [3.05, 3.63) is 35.2 Å². The minimum atomic E-state index is -0.185. The number of fused-ring (bicyclic) bond motifs is 1. The smallest absolute Gasteiger partial charge is 0.247 e. The number of hydrogen-bond donors (Lipinski definition) is 0. The molecule has 3 aliphatic rings. The summed E-state index contributed by atoms with van der Waals surface area (Å²) < 4.78 is 5.77. The first-order chi connectivity index (χ1) is 15.5. The number of carbonyl (C=O) groups is 3. The quantitative estimate of drug-likeness (QED) is 0.592. The van der Waals surface area contributed by atoms with Crippen molar-refractivity contribution >= 4 is 29.3 Å². The SMILES string of the molecule is O=C1C2CCCCC2C(=O)N1CCC(=O)N(Cc1nnc(-c2ccc(Cl)cc2)o1)C1CC1. The maximum atomic E-state index is 13.0. The molecule has 2 heterocycles. The largest absolute Gasteiger partial charge is 0.419 e. The standard InChI is InChI=1S/C23H25ClN4O4/c24-15-7-5-14(6-8-15)21-26-25-19(32-21)13-28(16-9-10-16)20(29)11-12-27-22(30)17-3-1-2-4-18(17)23(27)31/h5-8,16-18H,1-4,9-13H2. The summed E-state index contributed by atoms with van der Waals surface area (Å²) in [5, 5.41) is 8.80. The number of carbonyl (C=O) groups excluding carboxylic acids is 3. The van der Waals surface area contributed by atoms with Crippen LogP contribution in [0.1, 0.15) is 50.8 Å². The second kappa shape index (κ2) is 8.65. The van der Waals surface area contributed by atoms with Gasteiger partial charge in [0.1, 0.15) is 0 Å². The van der Waals surface area contributed by atoms with Crippen LogP contribution < -0.4 is 0 Å². The molecule has 3 amide bonds. The molecule has 0 spiro atoms. The van der Waals surface area contributed by atoms with E-state index >= 15 is 0 Å². The predicted molar refractivity (Wildman–Crippen MR) is 115 cm³/mol. The van der Waals surface area contributed by atoms with E-state index in [0.29, 0.717) is 16.8 Å². The Hall–Kier alpha value is -2.74. The number of hydrogen-bond acceptors (Lipinski definition) is 6. The highest BCUT2D eigenvalue weighted by Crippen LogP contribution is 2.38. The van der Waals surface area contributed by atoms with E-state index in [4.69, 9.17) is 16.0 Å². The summed E-state index contributed by atoms with van der Waals surface area (Å²) in [7, 11) is 0. The van der Waals surface area contributed by atoms with Crippen molar-refractivity contribution in [2.24, 2.45) is 11.8 Å². The van der Waals surface area contributed by atoms with Gasteiger partial charge in [-0.2, -0.15) is 0 Å². The predicted octanol–water partition coefficient (Wildman–Crippen LogP) is 3.45. The Bertz CT molecular complexity index is 1010. The fourth-order valence-corrected chi connectivity index (χ4v) is 4.91. The van der Waals surface area contributed by atoms with Crippen molar-refractivity contribution in [2.75, 3.05) is 6.54 Å². The van der Waals surface area contributed by atoms with E-state index in [1.54, 1.807) is 29.2 Å². The second-order valence-electron chi connectivity index (χ2n) is 8.84. The van der Waals surface area contributed by atoms with Gasteiger partial charge < -0.3 is 9.32 Å². The van der Waals surface area contributed by atoms with Gasteiger partial charge in [-0.1, -0.05) is 24.4 Å². The Morgan fingerprint density at radius 1 is 1.03 bits per heavy atom. The summed E-state index contributed by atoms with van der Waals surface area (Å²) in [6, 6.07) is 7.23. The fourth-order valence-electron chi connectivity index (χ4n) is 4.78. The molecular weight excluding hydrogens is 432 g/mol. The third-order valence-corrected chi connectivity index (χ3v) is 6.91. The van der Waals surface area contributed by atoms with Crippen LogP contribution in [-0.2, 0) is 20.9 Å². The van der Waals surface area contributed by atoms with Gasteiger partial charge in [-0.25, -0.2) is 0 Å². The van der Waals surface area contributed by atoms with E-state index < -0.39 is 0 Å². The van der Waals surface area contributed by atoms with Gasteiger partial charge in [0.25, 0.3) is 0 Å². The lowest BCUT2D eigenvalue weighted by molar-refractivity contribution is -0.141. The molecule has 1 aromatic heterocycles. The molecule has 1 aromatic carbocycles. The van der Waals surface area contributed by atoms with Crippen LogP contribution >= 0.6 is 11.6 Å². The minimum Gasteiger partial charge on any atom is -0.419 e. The van der Waals surface area contributed by atoms with Crippen molar-refractivity contribution in [3.63, 3.8) is 0 Å². The van der Waals surface area contributed by atoms with E-state index in [1.807, 2.05) is 0 Å². The van der Waals surface area contributed by atoms with Crippen LogP contribution in [0.3, 0.4) is 0 Å². The van der Waals surface area contributed by atoms with Gasteiger partial charge in [-0.3, -0.25) is 19.3 Å². The zero-order chi connectivity index (χ0) is 22.2. The van der Waals surface area contributed by atoms with Gasteiger partial charge >= 0.3 is 0 Å². The molecule has 2 aliphatic carbocycles. The van der Waals surface area contributed by atoms with Crippen LogP contribution in [-0.4, -0.2) is 50.3 Å². The molecule has 8 nitrogen and oxygen atoms in total. The molecule has 0 N–H and O–H groups in total. The van der Waals surface area contributed by atoms with Gasteiger partial charge in [0.2, 0.25) is 29.5 Å². The van der Waals surface area contributed by atoms with Crippen LogP contribution in [0.15, 0.2) is 28.7 Å². The number of imide groups is 1. The normalized spacial score (nSPS) is 22.8. The maximum Gasteiger partial charge on any atom is 0.247 e. The van der Waals surface area contributed by atoms with Crippen LogP contribution in [0.4, 0.5) is 0 Å². The molecule has 2 saturated carbocycles. The summed E-state index contributed by atoms with van der Waals surface area (Å²) >= 11 is 5.92. The van der Waals surface area contributed by atoms with E-state index in [-0.39, 0.29) is 55.1 Å². The van der Waals surface area contributed by atoms with Gasteiger partial charge in [-0.15, -0.1) is 10.2 Å². The molecule has 32 heavy (non-hydrogen) atoms. The number of halogens is 1. The summed E-state index contributed by atoms with van der Waals surface area (Å²) in [6.45, 7) is 0.365. The zero-order valence-electron chi connectivity index (χ0n) is 17.7. The number of likely N-dealkylation sites (tertiary alicyclic amines) is 1. The van der Waals surface area contributed by atoms with E-state index in [9.17, 15) is 14.4 Å². The lowest BCUT2D eigenvalue weighted by atomic mass is 9.81. The molecule has 168 valence electrons. The van der Waals surface area contributed by atoms with Crippen LogP contribution in [0.25, 0.3) is 11.5 Å². The third-order valence-electron chi connectivity index (χ3n) is 6.65. The Balaban J connectivity index is 1.22. The molecule has 0 bridgehead atoms. The highest BCUT2D eigenvalue weighted by Gasteiger charge is 2.48. The molecule has 5 rings (SSSR count). The van der Waals surface area contributed by atoms with Crippen molar-refractivity contribution in [1.29, 1.82) is 0 Å². The average molecular weight is 457 g/mol. The van der Waals surface area contributed by atoms with E-state index in [0.717, 1.165) is 44.1 Å². The molecule has 3 fully saturated rings. The van der Waals surface area contributed by atoms with Crippen molar-refractivity contribution in [1.82, 2.24) is 20.0 Å². The average Bonchev–Trinajstić information content (AvgIpc) is 3.49. The molecule has 1 saturated heterocycles. The summed E-state index contributed by atoms with van der Waals surface area (Å²) in [5.74, 6) is 0.0515. The molecule has 0 radical (unpaired) electrons. The Morgan fingerprint density at radius 2 is 1.69 bits per heavy atom. The van der Waals surface area contributed by atoms with E-state index in [1.165, 1.54) is 4.90 Å². The lowest BCUT2D eigenvalue weighted by Crippen LogP contribution is -2.38. The van der Waals surface area contributed by atoms with Gasteiger partial charge in [-0.05, 0) is 49.9 Å². The number of nitrogens with zero attached hydrogens (tertiary/aromatic N) is 4. The number of aromatic nitrogens is 2. The van der Waals surface area contributed by atoms with Gasteiger partial charge in [0.05, 0.1) is 18.4 Å². The summed E-state index contributed by atoms with van der Waals surface area (Å²) in [5.41, 5.74) is 0.755. The summed E-state index contributed by atoms with van der Waals surface area (Å²) in [6.07, 6.45) is 5.51. The first kappa shape index (κ1) is 21.1. The number of benzene rings is 1. The molecule has 2 atom stereocenters. The molecular formula is C23H25ClN4O4. The third kappa shape index (κ3) is 4.16. The monoisotopic (exact) mass is 456 g/mol. The number of rotatable bonds is 7. The van der Waals surface area contributed by atoms with Gasteiger partial charge in [0.15, 0.2) is 0 Å². The van der Waals surface area contributed by atoms with Crippen molar-refractivity contribution < 1.29 is 18.8 Å². The zero-order valence-corrected chi connectivity index (χ0v) is 18.5. The summed E-state index contributed by atoms with van der Waals surface area (Å²) in [4.78, 5) is 41.4. The number of amides is 3. The van der Waals surface area contributed by atoms with Gasteiger partial charge in [0, 0.05) is 29.6 Å². The topological polar surface area (TPSA) is 96.6 Å². The van der Waals surface area contributed by atoms with Crippen LogP contribution in [0.5, 0.6) is 0 Å². The second-order valence-corrected chi connectivity index (χ2v) is 9.27. The highest BCUT2D eigenvalue weighted by molar-refractivity contribution is 6.30. The van der Waals surface area contributed by atoms with Crippen molar-refractivity contribution in [2.45, 2.75) is 57.5 Å². The fraction of sp³-hybridized carbons (Fsp3) is 0.522. The van der Waals surface area contributed by atoms with Crippen molar-refractivity contribution in [3.8, 4) is 11.5 Å².